The largest absolute Gasteiger partial charge is 0.392 e. The number of nitrogens with zero attached hydrogens (tertiary/aromatic N) is 3. The van der Waals surface area contributed by atoms with Gasteiger partial charge < -0.3 is 10.4 Å². The first-order chi connectivity index (χ1) is 12.5. The van der Waals surface area contributed by atoms with E-state index in [0.717, 1.165) is 17.0 Å². The maximum Gasteiger partial charge on any atom is 0.129 e. The molecule has 0 unspecified atom stereocenters. The number of halogens is 2. The van der Waals surface area contributed by atoms with Crippen molar-refractivity contribution in [2.24, 2.45) is 0 Å². The molecule has 2 aromatic carbocycles. The Balaban J connectivity index is 1.90. The maximum atomic E-state index is 14.1. The summed E-state index contributed by atoms with van der Waals surface area (Å²) < 4.78 is 14.1. The molecule has 5 nitrogen and oxygen atoms in total. The molecule has 0 amide bonds. The number of benzene rings is 2. The average molecular weight is 375 g/mol. The van der Waals surface area contributed by atoms with Gasteiger partial charge in [-0.15, -0.1) is 0 Å². The molecular weight excluding hydrogens is 355 g/mol. The maximum absolute atomic E-state index is 14.1. The molecule has 1 aromatic heterocycles. The second kappa shape index (κ2) is 8.40. The quantitative estimate of drug-likeness (QED) is 0.666. The van der Waals surface area contributed by atoms with Gasteiger partial charge in [0.15, 0.2) is 0 Å². The molecule has 136 valence electrons. The van der Waals surface area contributed by atoms with E-state index in [9.17, 15) is 9.50 Å². The Labute approximate surface area is 156 Å². The summed E-state index contributed by atoms with van der Waals surface area (Å²) >= 11 is 6.11. The molecule has 1 heterocycles. The molecule has 0 saturated heterocycles. The first-order valence-corrected chi connectivity index (χ1v) is 8.73. The zero-order valence-corrected chi connectivity index (χ0v) is 15.1. The molecule has 0 fully saturated rings. The molecule has 3 rings (SSSR count). The molecule has 7 heteroatoms. The van der Waals surface area contributed by atoms with Gasteiger partial charge in [0.1, 0.15) is 17.2 Å². The van der Waals surface area contributed by atoms with Crippen LogP contribution in [0.25, 0.3) is 11.3 Å². The van der Waals surface area contributed by atoms with Crippen LogP contribution in [-0.4, -0.2) is 32.7 Å². The fourth-order valence-corrected chi connectivity index (χ4v) is 2.84. The topological polar surface area (TPSA) is 63.0 Å². The second-order valence-corrected chi connectivity index (χ2v) is 6.48. The Hall–Kier alpha value is -2.28. The third kappa shape index (κ3) is 4.46. The van der Waals surface area contributed by atoms with Gasteiger partial charge in [0.2, 0.25) is 0 Å². The predicted molar refractivity (Wildman–Crippen MR) is 99.4 cm³/mol. The fourth-order valence-electron chi connectivity index (χ4n) is 2.62. The molecule has 0 saturated carbocycles. The first-order valence-electron chi connectivity index (χ1n) is 8.35. The van der Waals surface area contributed by atoms with Crippen molar-refractivity contribution in [3.05, 3.63) is 70.6 Å². The van der Waals surface area contributed by atoms with Crippen LogP contribution in [0.2, 0.25) is 5.02 Å². The van der Waals surface area contributed by atoms with Gasteiger partial charge in [0.25, 0.3) is 0 Å². The lowest BCUT2D eigenvalue weighted by Gasteiger charge is -2.06. The number of hydrogen-bond acceptors (Lipinski definition) is 4. The van der Waals surface area contributed by atoms with Crippen molar-refractivity contribution in [1.29, 1.82) is 0 Å². The molecule has 26 heavy (non-hydrogen) atoms. The van der Waals surface area contributed by atoms with Gasteiger partial charge in [-0.3, -0.25) is 0 Å². The number of nitrogens with one attached hydrogen (secondary N) is 1. The van der Waals surface area contributed by atoms with Crippen molar-refractivity contribution in [2.45, 2.75) is 26.1 Å². The lowest BCUT2D eigenvalue weighted by atomic mass is 10.1. The van der Waals surface area contributed by atoms with Crippen LogP contribution in [0, 0.1) is 5.82 Å². The number of aromatic nitrogens is 3. The molecular formula is C19H20ClFN4O. The normalized spacial score (nSPS) is 12.3. The standard InChI is InChI=1S/C19H20ClFN4O/c1-13(26)10-22-11-18-19(14-6-3-2-4-7-14)24-25(23-18)12-15-16(20)8-5-9-17(15)21/h2-9,13,22,26H,10-12H2,1H3/t13-/m1/s1. The fraction of sp³-hybridized carbons (Fsp3) is 0.263. The summed E-state index contributed by atoms with van der Waals surface area (Å²) in [5, 5.41) is 21.9. The highest BCUT2D eigenvalue weighted by Gasteiger charge is 2.15. The zero-order chi connectivity index (χ0) is 18.5. The van der Waals surface area contributed by atoms with Crippen molar-refractivity contribution in [1.82, 2.24) is 20.3 Å². The summed E-state index contributed by atoms with van der Waals surface area (Å²) in [6.07, 6.45) is -0.456. The molecule has 0 bridgehead atoms. The van der Waals surface area contributed by atoms with Gasteiger partial charge in [0, 0.05) is 29.2 Å². The molecule has 0 aliphatic heterocycles. The van der Waals surface area contributed by atoms with Gasteiger partial charge in [-0.25, -0.2) is 4.39 Å². The third-order valence-corrected chi connectivity index (χ3v) is 4.22. The summed E-state index contributed by atoms with van der Waals surface area (Å²) in [6, 6.07) is 14.3. The highest BCUT2D eigenvalue weighted by atomic mass is 35.5. The molecule has 0 aliphatic rings. The van der Waals surface area contributed by atoms with Crippen LogP contribution in [0.3, 0.4) is 0 Å². The molecule has 1 atom stereocenters. The monoisotopic (exact) mass is 374 g/mol. The minimum absolute atomic E-state index is 0.141. The van der Waals surface area contributed by atoms with Crippen LogP contribution >= 0.6 is 11.6 Å². The number of hydrogen-bond donors (Lipinski definition) is 2. The Kier molecular flexibility index (Phi) is 5.98. The van der Waals surface area contributed by atoms with E-state index in [1.165, 1.54) is 10.9 Å². The lowest BCUT2D eigenvalue weighted by molar-refractivity contribution is 0.191. The minimum atomic E-state index is -0.456. The van der Waals surface area contributed by atoms with Crippen molar-refractivity contribution < 1.29 is 9.50 Å². The van der Waals surface area contributed by atoms with E-state index in [1.807, 2.05) is 30.3 Å². The van der Waals surface area contributed by atoms with Crippen molar-refractivity contribution in [3.63, 3.8) is 0 Å². The van der Waals surface area contributed by atoms with Crippen LogP contribution in [-0.2, 0) is 13.1 Å². The van der Waals surface area contributed by atoms with Gasteiger partial charge >= 0.3 is 0 Å². The van der Waals surface area contributed by atoms with Crippen LogP contribution < -0.4 is 5.32 Å². The molecule has 0 radical (unpaired) electrons. The highest BCUT2D eigenvalue weighted by Crippen LogP contribution is 2.23. The number of rotatable bonds is 7. The zero-order valence-electron chi connectivity index (χ0n) is 14.4. The summed E-state index contributed by atoms with van der Waals surface area (Å²) in [7, 11) is 0. The summed E-state index contributed by atoms with van der Waals surface area (Å²) in [6.45, 7) is 2.74. The molecule has 0 spiro atoms. The van der Waals surface area contributed by atoms with E-state index in [4.69, 9.17) is 11.6 Å². The second-order valence-electron chi connectivity index (χ2n) is 6.07. The predicted octanol–water partition coefficient (Wildman–Crippen LogP) is 3.26. The van der Waals surface area contributed by atoms with Crippen molar-refractivity contribution in [3.8, 4) is 11.3 Å². The summed E-state index contributed by atoms with van der Waals surface area (Å²) in [5.41, 5.74) is 2.72. The Morgan fingerprint density at radius 3 is 2.62 bits per heavy atom. The van der Waals surface area contributed by atoms with Crippen molar-refractivity contribution in [2.75, 3.05) is 6.54 Å². The van der Waals surface area contributed by atoms with E-state index >= 15 is 0 Å². The third-order valence-electron chi connectivity index (χ3n) is 3.87. The molecule has 3 aromatic rings. The molecule has 2 N–H and O–H groups in total. The number of aliphatic hydroxyl groups is 1. The van der Waals surface area contributed by atoms with Crippen LogP contribution in [0.5, 0.6) is 0 Å². The summed E-state index contributed by atoms with van der Waals surface area (Å²) in [5.74, 6) is -0.384. The van der Waals surface area contributed by atoms with E-state index in [-0.39, 0.29) is 12.4 Å². The summed E-state index contributed by atoms with van der Waals surface area (Å²) in [4.78, 5) is 1.45. The molecule has 0 aliphatic carbocycles. The van der Waals surface area contributed by atoms with Gasteiger partial charge in [-0.2, -0.15) is 15.0 Å². The van der Waals surface area contributed by atoms with Crippen LogP contribution in [0.1, 0.15) is 18.2 Å². The van der Waals surface area contributed by atoms with Gasteiger partial charge in [0.05, 0.1) is 12.6 Å². The van der Waals surface area contributed by atoms with E-state index in [0.29, 0.717) is 23.7 Å². The Morgan fingerprint density at radius 1 is 1.15 bits per heavy atom. The first kappa shape index (κ1) is 18.5. The number of aliphatic hydroxyl groups excluding tert-OH is 1. The van der Waals surface area contributed by atoms with Gasteiger partial charge in [-0.05, 0) is 19.1 Å². The van der Waals surface area contributed by atoms with E-state index in [2.05, 4.69) is 15.5 Å². The van der Waals surface area contributed by atoms with Crippen LogP contribution in [0.4, 0.5) is 4.39 Å². The highest BCUT2D eigenvalue weighted by molar-refractivity contribution is 6.31. The Bertz CT molecular complexity index is 847. The average Bonchev–Trinajstić information content (AvgIpc) is 3.02. The van der Waals surface area contributed by atoms with Gasteiger partial charge in [-0.1, -0.05) is 48.0 Å². The van der Waals surface area contributed by atoms with Crippen LogP contribution in [0.15, 0.2) is 48.5 Å². The Morgan fingerprint density at radius 2 is 1.92 bits per heavy atom. The minimum Gasteiger partial charge on any atom is -0.392 e. The van der Waals surface area contributed by atoms with Crippen molar-refractivity contribution >= 4 is 11.6 Å². The van der Waals surface area contributed by atoms with E-state index in [1.54, 1.807) is 19.1 Å². The SMILES string of the molecule is C[C@@H](O)CNCc1nn(Cc2c(F)cccc2Cl)nc1-c1ccccc1. The smallest absolute Gasteiger partial charge is 0.129 e. The van der Waals surface area contributed by atoms with E-state index < -0.39 is 6.10 Å². The lowest BCUT2D eigenvalue weighted by Crippen LogP contribution is -2.24.